The average Bonchev–Trinajstić information content (AvgIpc) is 3.08. The van der Waals surface area contributed by atoms with Crippen LogP contribution < -0.4 is 19.5 Å². The van der Waals surface area contributed by atoms with E-state index in [-0.39, 0.29) is 12.3 Å². The molecule has 136 valence electrons. The summed E-state index contributed by atoms with van der Waals surface area (Å²) in [6.07, 6.45) is 0.191. The molecule has 1 heterocycles. The maximum absolute atomic E-state index is 12.3. The number of imidazole rings is 1. The van der Waals surface area contributed by atoms with Crippen molar-refractivity contribution in [3.8, 4) is 17.2 Å². The Bertz CT molecular complexity index is 862. The summed E-state index contributed by atoms with van der Waals surface area (Å²) in [5.74, 6) is 2.13. The largest absolute Gasteiger partial charge is 0.493 e. The predicted octanol–water partition coefficient (Wildman–Crippen LogP) is 2.45. The summed E-state index contributed by atoms with van der Waals surface area (Å²) in [5.41, 5.74) is 2.59. The van der Waals surface area contributed by atoms with Gasteiger partial charge in [-0.25, -0.2) is 4.98 Å². The number of carbonyl (C=O) groups excluding carboxylic acids is 1. The summed E-state index contributed by atoms with van der Waals surface area (Å²) in [5, 5.41) is 2.87. The van der Waals surface area contributed by atoms with Crippen LogP contribution in [0.15, 0.2) is 36.4 Å². The first-order valence-corrected chi connectivity index (χ1v) is 8.13. The summed E-state index contributed by atoms with van der Waals surface area (Å²) < 4.78 is 15.9. The molecule has 0 radical (unpaired) electrons. The van der Waals surface area contributed by atoms with Crippen LogP contribution in [0.2, 0.25) is 0 Å². The number of carbonyl (C=O) groups is 1. The molecule has 0 spiro atoms. The van der Waals surface area contributed by atoms with Crippen LogP contribution in [0, 0.1) is 0 Å². The van der Waals surface area contributed by atoms with Gasteiger partial charge in [-0.1, -0.05) is 12.1 Å². The summed E-state index contributed by atoms with van der Waals surface area (Å²) in [4.78, 5) is 19.9. The van der Waals surface area contributed by atoms with Crippen LogP contribution >= 0.6 is 0 Å². The second kappa shape index (κ2) is 7.77. The first-order chi connectivity index (χ1) is 12.6. The molecule has 3 rings (SSSR count). The van der Waals surface area contributed by atoms with Crippen molar-refractivity contribution in [2.45, 2.75) is 13.0 Å². The maximum atomic E-state index is 12.3. The van der Waals surface area contributed by atoms with Gasteiger partial charge in [0.1, 0.15) is 5.82 Å². The van der Waals surface area contributed by atoms with Crippen LogP contribution in [-0.2, 0) is 17.8 Å². The fraction of sp³-hybridized carbons (Fsp3) is 0.263. The second-order valence-corrected chi connectivity index (χ2v) is 5.69. The number of ether oxygens (including phenoxy) is 3. The Kier molecular flexibility index (Phi) is 5.26. The highest BCUT2D eigenvalue weighted by molar-refractivity contribution is 5.79. The van der Waals surface area contributed by atoms with Crippen LogP contribution in [0.4, 0.5) is 0 Å². The third kappa shape index (κ3) is 3.72. The minimum Gasteiger partial charge on any atom is -0.493 e. The Balaban J connectivity index is 1.67. The molecule has 0 unspecified atom stereocenters. The number of fused-ring (bicyclic) bond motifs is 1. The van der Waals surface area contributed by atoms with E-state index in [4.69, 9.17) is 14.2 Å². The Morgan fingerprint density at radius 3 is 2.38 bits per heavy atom. The molecule has 0 fully saturated rings. The minimum atomic E-state index is -0.125. The summed E-state index contributed by atoms with van der Waals surface area (Å²) in [6, 6.07) is 11.3. The van der Waals surface area contributed by atoms with Crippen molar-refractivity contribution >= 4 is 16.9 Å². The number of para-hydroxylation sites is 2. The number of rotatable bonds is 7. The molecule has 0 bridgehead atoms. The molecule has 2 aromatic carbocycles. The smallest absolute Gasteiger partial charge is 0.224 e. The van der Waals surface area contributed by atoms with Crippen molar-refractivity contribution in [2.75, 3.05) is 21.3 Å². The van der Waals surface area contributed by atoms with E-state index in [1.165, 1.54) is 0 Å². The van der Waals surface area contributed by atoms with Gasteiger partial charge in [0.2, 0.25) is 11.7 Å². The lowest BCUT2D eigenvalue weighted by Gasteiger charge is -2.14. The third-order valence-electron chi connectivity index (χ3n) is 3.98. The van der Waals surface area contributed by atoms with Crippen molar-refractivity contribution in [1.82, 2.24) is 15.3 Å². The van der Waals surface area contributed by atoms with E-state index in [0.717, 1.165) is 16.6 Å². The molecule has 0 saturated heterocycles. The van der Waals surface area contributed by atoms with Gasteiger partial charge in [0, 0.05) is 0 Å². The topological polar surface area (TPSA) is 85.5 Å². The SMILES string of the molecule is COc1cc(CC(=O)NCc2nc3ccccc3[nH]2)cc(OC)c1OC. The highest BCUT2D eigenvalue weighted by Gasteiger charge is 2.15. The number of amides is 1. The highest BCUT2D eigenvalue weighted by Crippen LogP contribution is 2.38. The highest BCUT2D eigenvalue weighted by atomic mass is 16.5. The van der Waals surface area contributed by atoms with E-state index < -0.39 is 0 Å². The van der Waals surface area contributed by atoms with E-state index in [2.05, 4.69) is 15.3 Å². The van der Waals surface area contributed by atoms with Crippen molar-refractivity contribution in [3.63, 3.8) is 0 Å². The summed E-state index contributed by atoms with van der Waals surface area (Å²) >= 11 is 0. The third-order valence-corrected chi connectivity index (χ3v) is 3.98. The fourth-order valence-corrected chi connectivity index (χ4v) is 2.76. The van der Waals surface area contributed by atoms with Crippen LogP contribution in [-0.4, -0.2) is 37.2 Å². The van der Waals surface area contributed by atoms with Crippen LogP contribution in [0.5, 0.6) is 17.2 Å². The Morgan fingerprint density at radius 1 is 1.08 bits per heavy atom. The van der Waals surface area contributed by atoms with Crippen molar-refractivity contribution in [3.05, 3.63) is 47.8 Å². The zero-order valence-corrected chi connectivity index (χ0v) is 15.0. The lowest BCUT2D eigenvalue weighted by molar-refractivity contribution is -0.120. The zero-order valence-electron chi connectivity index (χ0n) is 15.0. The Hall–Kier alpha value is -3.22. The molecule has 26 heavy (non-hydrogen) atoms. The van der Waals surface area contributed by atoms with Gasteiger partial charge >= 0.3 is 0 Å². The predicted molar refractivity (Wildman–Crippen MR) is 97.7 cm³/mol. The van der Waals surface area contributed by atoms with E-state index in [0.29, 0.717) is 29.6 Å². The molecule has 0 aliphatic rings. The lowest BCUT2D eigenvalue weighted by atomic mass is 10.1. The van der Waals surface area contributed by atoms with E-state index >= 15 is 0 Å². The van der Waals surface area contributed by atoms with Gasteiger partial charge in [-0.15, -0.1) is 0 Å². The summed E-state index contributed by atoms with van der Waals surface area (Å²) in [6.45, 7) is 0.331. The number of aromatic nitrogens is 2. The summed E-state index contributed by atoms with van der Waals surface area (Å²) in [7, 11) is 4.63. The quantitative estimate of drug-likeness (QED) is 0.680. The normalized spacial score (nSPS) is 10.6. The molecule has 0 aliphatic carbocycles. The molecule has 2 N–H and O–H groups in total. The number of benzene rings is 2. The number of aromatic amines is 1. The molecular formula is C19H21N3O4. The molecule has 7 nitrogen and oxygen atoms in total. The van der Waals surface area contributed by atoms with Crippen LogP contribution in [0.1, 0.15) is 11.4 Å². The zero-order chi connectivity index (χ0) is 18.5. The minimum absolute atomic E-state index is 0.125. The Labute approximate surface area is 151 Å². The molecule has 0 aliphatic heterocycles. The average molecular weight is 355 g/mol. The number of H-pyrrole nitrogens is 1. The molecule has 0 saturated carbocycles. The molecule has 1 aromatic heterocycles. The van der Waals surface area contributed by atoms with E-state index in [1.807, 2.05) is 24.3 Å². The van der Waals surface area contributed by atoms with Gasteiger partial charge in [-0.2, -0.15) is 0 Å². The maximum Gasteiger partial charge on any atom is 0.224 e. The standard InChI is InChI=1S/C19H21N3O4/c1-24-15-8-12(9-16(25-2)19(15)26-3)10-18(23)20-11-17-21-13-6-4-5-7-14(13)22-17/h4-9H,10-11H2,1-3H3,(H,20,23)(H,21,22). The van der Waals surface area contributed by atoms with Gasteiger partial charge in [-0.05, 0) is 29.8 Å². The van der Waals surface area contributed by atoms with Gasteiger partial charge < -0.3 is 24.5 Å². The van der Waals surface area contributed by atoms with Crippen molar-refractivity contribution < 1.29 is 19.0 Å². The van der Waals surface area contributed by atoms with Crippen LogP contribution in [0.3, 0.4) is 0 Å². The van der Waals surface area contributed by atoms with Gasteiger partial charge in [0.05, 0.1) is 45.3 Å². The number of nitrogens with zero attached hydrogens (tertiary/aromatic N) is 1. The molecule has 1 amide bonds. The van der Waals surface area contributed by atoms with E-state index in [9.17, 15) is 4.79 Å². The molecule has 7 heteroatoms. The molecule has 3 aromatic rings. The number of hydrogen-bond donors (Lipinski definition) is 2. The van der Waals surface area contributed by atoms with Gasteiger partial charge in [-0.3, -0.25) is 4.79 Å². The van der Waals surface area contributed by atoms with Crippen molar-refractivity contribution in [1.29, 1.82) is 0 Å². The van der Waals surface area contributed by atoms with Crippen molar-refractivity contribution in [2.24, 2.45) is 0 Å². The second-order valence-electron chi connectivity index (χ2n) is 5.69. The van der Waals surface area contributed by atoms with Gasteiger partial charge in [0.25, 0.3) is 0 Å². The number of hydrogen-bond acceptors (Lipinski definition) is 5. The first-order valence-electron chi connectivity index (χ1n) is 8.13. The molecule has 0 atom stereocenters. The number of nitrogens with one attached hydrogen (secondary N) is 2. The lowest BCUT2D eigenvalue weighted by Crippen LogP contribution is -2.25. The van der Waals surface area contributed by atoms with Crippen LogP contribution in [0.25, 0.3) is 11.0 Å². The monoisotopic (exact) mass is 355 g/mol. The Morgan fingerprint density at radius 2 is 1.77 bits per heavy atom. The fourth-order valence-electron chi connectivity index (χ4n) is 2.76. The first kappa shape index (κ1) is 17.6. The molecular weight excluding hydrogens is 334 g/mol. The van der Waals surface area contributed by atoms with Gasteiger partial charge in [0.15, 0.2) is 11.5 Å². The van der Waals surface area contributed by atoms with E-state index in [1.54, 1.807) is 33.5 Å². The number of methoxy groups -OCH3 is 3.